The normalized spacial score (nSPS) is 34.9. The molecule has 2 bridgehead atoms. The zero-order valence-corrected chi connectivity index (χ0v) is 15.4. The van der Waals surface area contributed by atoms with E-state index in [4.69, 9.17) is 16.3 Å². The van der Waals surface area contributed by atoms with Crippen LogP contribution >= 0.6 is 11.6 Å². The van der Waals surface area contributed by atoms with Crippen LogP contribution in [0.5, 0.6) is 5.75 Å². The number of ether oxygens (including phenoxy) is 1. The van der Waals surface area contributed by atoms with Crippen LogP contribution in [0.15, 0.2) is 30.4 Å². The number of nitrogens with zero attached hydrogens (tertiary/aromatic N) is 2. The smallest absolute Gasteiger partial charge is 0.234 e. The summed E-state index contributed by atoms with van der Waals surface area (Å²) < 4.78 is 5.46. The van der Waals surface area contributed by atoms with Gasteiger partial charge in [-0.15, -0.1) is 0 Å². The Morgan fingerprint density at radius 2 is 1.81 bits per heavy atom. The molecule has 2 heterocycles. The second-order valence-electron chi connectivity index (χ2n) is 7.75. The van der Waals surface area contributed by atoms with Gasteiger partial charge in [0.1, 0.15) is 5.75 Å². The predicted molar refractivity (Wildman–Crippen MR) is 98.2 cm³/mol. The zero-order chi connectivity index (χ0) is 18.0. The first kappa shape index (κ1) is 16.2. The molecule has 6 heteroatoms. The number of imide groups is 1. The van der Waals surface area contributed by atoms with Crippen molar-refractivity contribution < 1.29 is 14.3 Å². The molecule has 5 atom stereocenters. The van der Waals surface area contributed by atoms with Crippen LogP contribution in [0.3, 0.4) is 0 Å². The van der Waals surface area contributed by atoms with Crippen LogP contribution in [0.2, 0.25) is 5.02 Å². The lowest BCUT2D eigenvalue weighted by molar-refractivity contribution is -0.143. The predicted octanol–water partition coefficient (Wildman–Crippen LogP) is 2.73. The highest BCUT2D eigenvalue weighted by atomic mass is 35.5. The molecule has 1 aromatic carbocycles. The van der Waals surface area contributed by atoms with Gasteiger partial charge in [0.15, 0.2) is 0 Å². The maximum absolute atomic E-state index is 13.0. The number of hydrogen-bond donors (Lipinski definition) is 0. The van der Waals surface area contributed by atoms with E-state index in [9.17, 15) is 9.59 Å². The summed E-state index contributed by atoms with van der Waals surface area (Å²) >= 11 is 6.16. The number of carbonyl (C=O) groups excluding carboxylic acids is 2. The Hall–Kier alpha value is -2.01. The molecule has 0 unspecified atom stereocenters. The third-order valence-electron chi connectivity index (χ3n) is 6.51. The first-order valence-corrected chi connectivity index (χ1v) is 9.60. The lowest BCUT2D eigenvalue weighted by atomic mass is 9.85. The number of methoxy groups -OCH3 is 1. The molecule has 4 aliphatic rings. The molecule has 2 saturated heterocycles. The van der Waals surface area contributed by atoms with Crippen LogP contribution in [0.4, 0.5) is 5.69 Å². The second kappa shape index (κ2) is 5.74. The summed E-state index contributed by atoms with van der Waals surface area (Å²) in [6, 6.07) is 5.47. The first-order chi connectivity index (χ1) is 12.6. The lowest BCUT2D eigenvalue weighted by Crippen LogP contribution is -2.43. The molecule has 2 amide bonds. The van der Waals surface area contributed by atoms with E-state index in [0.717, 1.165) is 30.8 Å². The minimum atomic E-state index is -0.118. The highest BCUT2D eigenvalue weighted by molar-refractivity contribution is 6.31. The van der Waals surface area contributed by atoms with E-state index in [1.165, 1.54) is 0 Å². The molecule has 2 aliphatic heterocycles. The van der Waals surface area contributed by atoms with Gasteiger partial charge < -0.3 is 9.64 Å². The average molecular weight is 373 g/mol. The summed E-state index contributed by atoms with van der Waals surface area (Å²) in [5, 5.41) is 0.648. The van der Waals surface area contributed by atoms with E-state index in [0.29, 0.717) is 11.6 Å². The van der Waals surface area contributed by atoms with Crippen molar-refractivity contribution in [2.24, 2.45) is 23.7 Å². The number of allylic oxidation sites excluding steroid dienone is 2. The van der Waals surface area contributed by atoms with Crippen LogP contribution in [-0.4, -0.2) is 43.0 Å². The van der Waals surface area contributed by atoms with Gasteiger partial charge in [0.25, 0.3) is 0 Å². The van der Waals surface area contributed by atoms with Crippen molar-refractivity contribution in [3.05, 3.63) is 35.4 Å². The zero-order valence-electron chi connectivity index (χ0n) is 14.6. The third-order valence-corrected chi connectivity index (χ3v) is 6.75. The maximum atomic E-state index is 13.0. The first-order valence-electron chi connectivity index (χ1n) is 9.22. The van der Waals surface area contributed by atoms with E-state index in [2.05, 4.69) is 17.1 Å². The molecule has 2 aliphatic carbocycles. The number of rotatable bonds is 3. The quantitative estimate of drug-likeness (QED) is 0.604. The lowest BCUT2D eigenvalue weighted by Gasteiger charge is -2.26. The maximum Gasteiger partial charge on any atom is 0.234 e. The summed E-state index contributed by atoms with van der Waals surface area (Å²) in [4.78, 5) is 29.7. The van der Waals surface area contributed by atoms with Crippen LogP contribution in [0.25, 0.3) is 0 Å². The fourth-order valence-corrected chi connectivity index (χ4v) is 5.53. The van der Waals surface area contributed by atoms with Gasteiger partial charge >= 0.3 is 0 Å². The van der Waals surface area contributed by atoms with E-state index in [1.807, 2.05) is 12.1 Å². The van der Waals surface area contributed by atoms with Crippen molar-refractivity contribution >= 4 is 29.1 Å². The van der Waals surface area contributed by atoms with Crippen LogP contribution < -0.4 is 9.64 Å². The average Bonchev–Trinajstić information content (AvgIpc) is 3.39. The van der Waals surface area contributed by atoms with Gasteiger partial charge in [0, 0.05) is 18.1 Å². The largest absolute Gasteiger partial charge is 0.495 e. The van der Waals surface area contributed by atoms with Gasteiger partial charge in [-0.25, -0.2) is 0 Å². The fourth-order valence-electron chi connectivity index (χ4n) is 5.37. The fraction of sp³-hybridized carbons (Fsp3) is 0.500. The third kappa shape index (κ3) is 2.16. The number of carbonyl (C=O) groups is 2. The van der Waals surface area contributed by atoms with Gasteiger partial charge in [0.05, 0.1) is 30.7 Å². The van der Waals surface area contributed by atoms with E-state index >= 15 is 0 Å². The summed E-state index contributed by atoms with van der Waals surface area (Å²) in [6.07, 6.45) is 6.03. The van der Waals surface area contributed by atoms with Crippen molar-refractivity contribution in [2.75, 3.05) is 25.1 Å². The molecule has 136 valence electrons. The minimum Gasteiger partial charge on any atom is -0.495 e. The van der Waals surface area contributed by atoms with E-state index < -0.39 is 0 Å². The Balaban J connectivity index is 1.38. The Morgan fingerprint density at radius 3 is 2.46 bits per heavy atom. The van der Waals surface area contributed by atoms with Gasteiger partial charge in [-0.1, -0.05) is 23.8 Å². The van der Waals surface area contributed by atoms with Crippen molar-refractivity contribution in [3.63, 3.8) is 0 Å². The number of fused-ring (bicyclic) bond motifs is 5. The molecule has 0 aromatic heterocycles. The van der Waals surface area contributed by atoms with Crippen molar-refractivity contribution in [1.29, 1.82) is 0 Å². The summed E-state index contributed by atoms with van der Waals surface area (Å²) in [6.45, 7) is 1.41. The number of hydrogen-bond acceptors (Lipinski definition) is 4. The molecule has 1 saturated carbocycles. The van der Waals surface area contributed by atoms with Gasteiger partial charge in [-0.3, -0.25) is 14.5 Å². The van der Waals surface area contributed by atoms with Crippen molar-refractivity contribution in [3.8, 4) is 5.75 Å². The molecular formula is C20H21ClN2O3. The Labute approximate surface area is 157 Å². The minimum absolute atomic E-state index is 0.0433. The van der Waals surface area contributed by atoms with Crippen LogP contribution in [0.1, 0.15) is 12.8 Å². The van der Waals surface area contributed by atoms with Crippen molar-refractivity contribution in [2.45, 2.75) is 18.9 Å². The highest BCUT2D eigenvalue weighted by Crippen LogP contribution is 2.53. The Morgan fingerprint density at radius 1 is 1.12 bits per heavy atom. The second-order valence-corrected chi connectivity index (χ2v) is 8.19. The molecule has 5 nitrogen and oxygen atoms in total. The SMILES string of the molecule is COc1ccc(Cl)cc1N1CC[C@H](N2C(=O)[C@@H]3[C@H](C2=O)[C@H]2C=C[C@@H]3C2)C1. The Kier molecular flexibility index (Phi) is 3.58. The Bertz CT molecular complexity index is 793. The molecule has 3 fully saturated rings. The highest BCUT2D eigenvalue weighted by Gasteiger charge is 2.60. The summed E-state index contributed by atoms with van der Waals surface area (Å²) in [5.74, 6) is 1.13. The van der Waals surface area contributed by atoms with E-state index in [1.54, 1.807) is 18.1 Å². The standard InChI is InChI=1S/C20H21ClN2O3/c1-26-16-5-4-13(21)9-15(16)22-7-6-14(10-22)23-19(24)17-11-2-3-12(8-11)18(17)20(23)25/h2-5,9,11-12,14,17-18H,6-8,10H2,1H3/t11-,12+,14-,17+,18-/m0/s1. The molecule has 0 spiro atoms. The number of amides is 2. The number of halogens is 1. The summed E-state index contributed by atoms with van der Waals surface area (Å²) in [5.41, 5.74) is 0.920. The number of likely N-dealkylation sites (tertiary alicyclic amines) is 1. The molecular weight excluding hydrogens is 352 g/mol. The van der Waals surface area contributed by atoms with Gasteiger partial charge in [-0.05, 0) is 42.9 Å². The van der Waals surface area contributed by atoms with Crippen LogP contribution in [-0.2, 0) is 9.59 Å². The monoisotopic (exact) mass is 372 g/mol. The van der Waals surface area contributed by atoms with E-state index in [-0.39, 0.29) is 41.5 Å². The molecule has 1 aromatic rings. The number of anilines is 1. The van der Waals surface area contributed by atoms with Gasteiger partial charge in [0.2, 0.25) is 11.8 Å². The van der Waals surface area contributed by atoms with Gasteiger partial charge in [-0.2, -0.15) is 0 Å². The molecule has 5 rings (SSSR count). The molecule has 0 N–H and O–H groups in total. The topological polar surface area (TPSA) is 49.9 Å². The summed E-state index contributed by atoms with van der Waals surface area (Å²) in [7, 11) is 1.64. The molecule has 26 heavy (non-hydrogen) atoms. The molecule has 0 radical (unpaired) electrons. The number of benzene rings is 1. The van der Waals surface area contributed by atoms with Crippen LogP contribution in [0, 0.1) is 23.7 Å². The van der Waals surface area contributed by atoms with Crippen molar-refractivity contribution in [1.82, 2.24) is 4.90 Å².